The Kier molecular flexibility index (Phi) is 3.80. The molecule has 2 aromatic rings. The van der Waals surface area contributed by atoms with Gasteiger partial charge in [0.15, 0.2) is 0 Å². The van der Waals surface area contributed by atoms with E-state index in [1.807, 2.05) is 19.1 Å². The zero-order valence-electron chi connectivity index (χ0n) is 10.9. The summed E-state index contributed by atoms with van der Waals surface area (Å²) in [6, 6.07) is 9.05. The highest BCUT2D eigenvalue weighted by Crippen LogP contribution is 2.21. The Morgan fingerprint density at radius 1 is 1.32 bits per heavy atom. The average Bonchev–Trinajstić information content (AvgIpc) is 2.38. The van der Waals surface area contributed by atoms with Gasteiger partial charge in [-0.3, -0.25) is 4.98 Å². The maximum atomic E-state index is 11.0. The Morgan fingerprint density at radius 2 is 2.11 bits per heavy atom. The highest BCUT2D eigenvalue weighted by Gasteiger charge is 2.11. The van der Waals surface area contributed by atoms with Crippen LogP contribution in [0.1, 0.15) is 27.2 Å². The molecule has 1 aromatic carbocycles. The predicted octanol–water partition coefficient (Wildman–Crippen LogP) is 2.69. The summed E-state index contributed by atoms with van der Waals surface area (Å²) in [4.78, 5) is 15.3. The van der Waals surface area contributed by atoms with Gasteiger partial charge in [-0.05, 0) is 42.3 Å². The Morgan fingerprint density at radius 3 is 2.74 bits per heavy atom. The Labute approximate surface area is 111 Å². The van der Waals surface area contributed by atoms with E-state index in [4.69, 9.17) is 9.84 Å². The van der Waals surface area contributed by atoms with Gasteiger partial charge in [0.1, 0.15) is 11.3 Å². The van der Waals surface area contributed by atoms with E-state index in [1.54, 1.807) is 24.4 Å². The van der Waals surface area contributed by atoms with Gasteiger partial charge in [-0.1, -0.05) is 6.07 Å². The molecule has 0 aliphatic rings. The third kappa shape index (κ3) is 3.10. The van der Waals surface area contributed by atoms with Gasteiger partial charge in [0.05, 0.1) is 7.11 Å². The van der Waals surface area contributed by atoms with Crippen molar-refractivity contribution in [3.8, 4) is 5.75 Å². The molecule has 0 spiro atoms. The molecule has 98 valence electrons. The van der Waals surface area contributed by atoms with Crippen LogP contribution in [-0.2, 0) is 6.42 Å². The van der Waals surface area contributed by atoms with Crippen LogP contribution in [0, 0.1) is 6.92 Å². The fraction of sp³-hybridized carbons (Fsp3) is 0.200. The number of carbonyl (C=O) groups is 1. The van der Waals surface area contributed by atoms with Gasteiger partial charge in [-0.2, -0.15) is 0 Å². The number of aryl methyl sites for hydroxylation is 1. The molecule has 0 atom stereocenters. The summed E-state index contributed by atoms with van der Waals surface area (Å²) >= 11 is 0. The zero-order chi connectivity index (χ0) is 13.8. The molecule has 0 amide bonds. The van der Waals surface area contributed by atoms with Crippen molar-refractivity contribution in [3.63, 3.8) is 0 Å². The first-order valence-electron chi connectivity index (χ1n) is 5.92. The largest absolute Gasteiger partial charge is 0.496 e. The van der Waals surface area contributed by atoms with Crippen molar-refractivity contribution in [1.29, 1.82) is 0 Å². The number of aromatic carboxylic acids is 1. The number of ether oxygens (including phenoxy) is 1. The molecule has 1 aromatic heterocycles. The van der Waals surface area contributed by atoms with E-state index in [2.05, 4.69) is 4.98 Å². The minimum Gasteiger partial charge on any atom is -0.496 e. The minimum absolute atomic E-state index is 0.170. The van der Waals surface area contributed by atoms with Crippen molar-refractivity contribution >= 4 is 5.97 Å². The zero-order valence-corrected chi connectivity index (χ0v) is 10.9. The molecule has 0 aliphatic carbocycles. The lowest BCUT2D eigenvalue weighted by Crippen LogP contribution is -2.02. The van der Waals surface area contributed by atoms with Crippen molar-refractivity contribution in [3.05, 3.63) is 58.9 Å². The summed E-state index contributed by atoms with van der Waals surface area (Å²) in [5, 5.41) is 9.02. The highest BCUT2D eigenvalue weighted by molar-refractivity contribution is 5.91. The Balaban J connectivity index is 2.29. The summed E-state index contributed by atoms with van der Waals surface area (Å²) < 4.78 is 5.11. The minimum atomic E-state index is -0.989. The van der Waals surface area contributed by atoms with Crippen LogP contribution in [0.2, 0.25) is 0 Å². The van der Waals surface area contributed by atoms with Gasteiger partial charge in [0.2, 0.25) is 0 Å². The van der Waals surface area contributed by atoms with Gasteiger partial charge in [0.25, 0.3) is 0 Å². The lowest BCUT2D eigenvalue weighted by atomic mass is 10.0. The first-order valence-corrected chi connectivity index (χ1v) is 5.92. The molecule has 4 heteroatoms. The molecule has 1 heterocycles. The van der Waals surface area contributed by atoms with Crippen LogP contribution in [0.3, 0.4) is 0 Å². The van der Waals surface area contributed by atoms with Crippen LogP contribution in [-0.4, -0.2) is 23.2 Å². The van der Waals surface area contributed by atoms with Gasteiger partial charge in [-0.15, -0.1) is 0 Å². The van der Waals surface area contributed by atoms with Crippen molar-refractivity contribution in [2.24, 2.45) is 0 Å². The van der Waals surface area contributed by atoms with Crippen LogP contribution in [0.15, 0.2) is 36.5 Å². The number of hydrogen-bond donors (Lipinski definition) is 1. The number of aromatic nitrogens is 1. The Bertz CT molecular complexity index is 608. The van der Waals surface area contributed by atoms with Crippen molar-refractivity contribution in [1.82, 2.24) is 4.98 Å². The summed E-state index contributed by atoms with van der Waals surface area (Å²) in [6.45, 7) is 2.01. The summed E-state index contributed by atoms with van der Waals surface area (Å²) in [5.74, 6) is -0.616. The first-order chi connectivity index (χ1) is 9.10. The van der Waals surface area contributed by atoms with Crippen molar-refractivity contribution in [2.45, 2.75) is 13.3 Å². The molecule has 4 nitrogen and oxygen atoms in total. The topological polar surface area (TPSA) is 59.4 Å². The first kappa shape index (κ1) is 13.1. The van der Waals surface area contributed by atoms with Crippen LogP contribution in [0.25, 0.3) is 0 Å². The molecule has 0 saturated heterocycles. The quantitative estimate of drug-likeness (QED) is 0.914. The number of benzene rings is 1. The molecule has 0 radical (unpaired) electrons. The van der Waals surface area contributed by atoms with E-state index in [0.717, 1.165) is 16.8 Å². The van der Waals surface area contributed by atoms with E-state index in [-0.39, 0.29) is 5.56 Å². The smallest absolute Gasteiger partial charge is 0.339 e. The second kappa shape index (κ2) is 5.52. The van der Waals surface area contributed by atoms with Crippen LogP contribution >= 0.6 is 0 Å². The molecule has 1 N–H and O–H groups in total. The third-order valence-electron chi connectivity index (χ3n) is 2.85. The van der Waals surface area contributed by atoms with E-state index in [9.17, 15) is 4.79 Å². The molecular formula is C15H15NO3. The Hall–Kier alpha value is -2.36. The maximum absolute atomic E-state index is 11.0. The fourth-order valence-electron chi connectivity index (χ4n) is 1.93. The molecule has 0 saturated carbocycles. The van der Waals surface area contributed by atoms with E-state index >= 15 is 0 Å². The van der Waals surface area contributed by atoms with Crippen LogP contribution in [0.4, 0.5) is 0 Å². The summed E-state index contributed by atoms with van der Waals surface area (Å²) in [6.07, 6.45) is 2.42. The average molecular weight is 257 g/mol. The second-order valence-electron chi connectivity index (χ2n) is 4.34. The van der Waals surface area contributed by atoms with Crippen molar-refractivity contribution < 1.29 is 14.6 Å². The lowest BCUT2D eigenvalue weighted by molar-refractivity contribution is 0.0693. The summed E-state index contributed by atoms with van der Waals surface area (Å²) in [5.41, 5.74) is 3.24. The number of hydrogen-bond acceptors (Lipinski definition) is 3. The number of rotatable bonds is 4. The molecule has 0 bridgehead atoms. The monoisotopic (exact) mass is 257 g/mol. The predicted molar refractivity (Wildman–Crippen MR) is 71.7 cm³/mol. The summed E-state index contributed by atoms with van der Waals surface area (Å²) in [7, 11) is 1.47. The SMILES string of the molecule is COc1cc(Cc2cc(C)ccn2)ccc1C(=O)O. The number of carboxylic acids is 1. The molecular weight excluding hydrogens is 242 g/mol. The lowest BCUT2D eigenvalue weighted by Gasteiger charge is -2.08. The van der Waals surface area contributed by atoms with Crippen LogP contribution < -0.4 is 4.74 Å². The van der Waals surface area contributed by atoms with Gasteiger partial charge >= 0.3 is 5.97 Å². The molecule has 0 aliphatic heterocycles. The van der Waals surface area contributed by atoms with E-state index < -0.39 is 5.97 Å². The molecule has 19 heavy (non-hydrogen) atoms. The second-order valence-corrected chi connectivity index (χ2v) is 4.34. The van der Waals surface area contributed by atoms with E-state index in [0.29, 0.717) is 12.2 Å². The van der Waals surface area contributed by atoms with Crippen LogP contribution in [0.5, 0.6) is 5.75 Å². The molecule has 2 rings (SSSR count). The third-order valence-corrected chi connectivity index (χ3v) is 2.85. The number of methoxy groups -OCH3 is 1. The van der Waals surface area contributed by atoms with E-state index in [1.165, 1.54) is 7.11 Å². The number of nitrogens with zero attached hydrogens (tertiary/aromatic N) is 1. The van der Waals surface area contributed by atoms with Crippen molar-refractivity contribution in [2.75, 3.05) is 7.11 Å². The molecule has 0 unspecified atom stereocenters. The highest BCUT2D eigenvalue weighted by atomic mass is 16.5. The number of carboxylic acid groups (broad SMARTS) is 1. The molecule has 0 fully saturated rings. The normalized spacial score (nSPS) is 10.2. The standard InChI is InChI=1S/C15H15NO3/c1-10-5-6-16-12(7-10)8-11-3-4-13(15(17)18)14(9-11)19-2/h3-7,9H,8H2,1-2H3,(H,17,18). The maximum Gasteiger partial charge on any atom is 0.339 e. The number of pyridine rings is 1. The van der Waals surface area contributed by atoms with Gasteiger partial charge in [0, 0.05) is 18.3 Å². The fourth-order valence-corrected chi connectivity index (χ4v) is 1.93. The van der Waals surface area contributed by atoms with Gasteiger partial charge in [-0.25, -0.2) is 4.79 Å². The van der Waals surface area contributed by atoms with Gasteiger partial charge < -0.3 is 9.84 Å².